The molecular formula is C6H7NO2. The average molecular weight is 125 g/mol. The SMILES string of the molecule is CCc1cnoc1C=O. The van der Waals surface area contributed by atoms with Crippen molar-refractivity contribution in [1.82, 2.24) is 5.16 Å². The van der Waals surface area contributed by atoms with E-state index in [0.29, 0.717) is 12.0 Å². The zero-order valence-electron chi connectivity index (χ0n) is 5.13. The van der Waals surface area contributed by atoms with Crippen molar-refractivity contribution < 1.29 is 9.32 Å². The van der Waals surface area contributed by atoms with Crippen LogP contribution in [-0.2, 0) is 6.42 Å². The van der Waals surface area contributed by atoms with Gasteiger partial charge in [0.15, 0.2) is 6.29 Å². The third kappa shape index (κ3) is 0.988. The summed E-state index contributed by atoms with van der Waals surface area (Å²) in [4.78, 5) is 10.1. The van der Waals surface area contributed by atoms with Crippen molar-refractivity contribution in [2.24, 2.45) is 0 Å². The van der Waals surface area contributed by atoms with Crippen molar-refractivity contribution in [3.63, 3.8) is 0 Å². The molecule has 0 aliphatic heterocycles. The minimum atomic E-state index is 0.345. The zero-order chi connectivity index (χ0) is 6.69. The molecule has 0 bridgehead atoms. The number of aryl methyl sites for hydroxylation is 1. The standard InChI is InChI=1S/C6H7NO2/c1-2-5-3-7-9-6(5)4-8/h3-4H,2H2,1H3. The molecule has 9 heavy (non-hydrogen) atoms. The van der Waals surface area contributed by atoms with E-state index in [1.54, 1.807) is 6.20 Å². The monoisotopic (exact) mass is 125 g/mol. The van der Waals surface area contributed by atoms with Gasteiger partial charge in [-0.3, -0.25) is 4.79 Å². The third-order valence-electron chi connectivity index (χ3n) is 1.16. The number of hydrogen-bond acceptors (Lipinski definition) is 3. The van der Waals surface area contributed by atoms with E-state index in [2.05, 4.69) is 9.68 Å². The second-order valence-corrected chi connectivity index (χ2v) is 1.69. The van der Waals surface area contributed by atoms with Gasteiger partial charge in [-0.15, -0.1) is 0 Å². The van der Waals surface area contributed by atoms with Gasteiger partial charge in [0.05, 0.1) is 6.20 Å². The molecule has 0 aromatic carbocycles. The molecule has 0 saturated carbocycles. The van der Waals surface area contributed by atoms with Crippen LogP contribution < -0.4 is 0 Å². The lowest BCUT2D eigenvalue weighted by molar-refractivity contribution is 0.109. The molecule has 0 amide bonds. The van der Waals surface area contributed by atoms with Gasteiger partial charge in [0.2, 0.25) is 5.76 Å². The number of nitrogens with zero attached hydrogens (tertiary/aromatic N) is 1. The first kappa shape index (κ1) is 6.01. The van der Waals surface area contributed by atoms with E-state index >= 15 is 0 Å². The van der Waals surface area contributed by atoms with Crippen LogP contribution in [0.1, 0.15) is 23.0 Å². The van der Waals surface area contributed by atoms with Gasteiger partial charge in [0.25, 0.3) is 0 Å². The highest BCUT2D eigenvalue weighted by Crippen LogP contribution is 2.04. The van der Waals surface area contributed by atoms with Crippen LogP contribution >= 0.6 is 0 Å². The predicted molar refractivity (Wildman–Crippen MR) is 31.3 cm³/mol. The fourth-order valence-electron chi connectivity index (χ4n) is 0.632. The maximum atomic E-state index is 10.1. The van der Waals surface area contributed by atoms with Crippen LogP contribution in [0, 0.1) is 0 Å². The lowest BCUT2D eigenvalue weighted by atomic mass is 10.2. The van der Waals surface area contributed by atoms with E-state index in [1.807, 2.05) is 6.92 Å². The molecule has 1 rings (SSSR count). The topological polar surface area (TPSA) is 43.1 Å². The molecule has 0 aliphatic carbocycles. The van der Waals surface area contributed by atoms with Gasteiger partial charge in [-0.25, -0.2) is 0 Å². The molecule has 1 aromatic heterocycles. The maximum Gasteiger partial charge on any atom is 0.202 e. The molecule has 0 spiro atoms. The first-order valence-electron chi connectivity index (χ1n) is 2.77. The van der Waals surface area contributed by atoms with Gasteiger partial charge in [0.1, 0.15) is 0 Å². The summed E-state index contributed by atoms with van der Waals surface area (Å²) in [6, 6.07) is 0. The molecule has 1 aromatic rings. The van der Waals surface area contributed by atoms with Crippen LogP contribution in [0.4, 0.5) is 0 Å². The summed E-state index contributed by atoms with van der Waals surface area (Å²) in [6.45, 7) is 1.94. The molecule has 3 heteroatoms. The highest BCUT2D eigenvalue weighted by atomic mass is 16.5. The number of rotatable bonds is 2. The van der Waals surface area contributed by atoms with E-state index < -0.39 is 0 Å². The highest BCUT2D eigenvalue weighted by molar-refractivity contribution is 5.72. The zero-order valence-corrected chi connectivity index (χ0v) is 5.13. The summed E-state index contributed by atoms with van der Waals surface area (Å²) >= 11 is 0. The Labute approximate surface area is 52.7 Å². The van der Waals surface area contributed by atoms with Crippen molar-refractivity contribution >= 4 is 6.29 Å². The van der Waals surface area contributed by atoms with Crippen LogP contribution in [0.5, 0.6) is 0 Å². The largest absolute Gasteiger partial charge is 0.353 e. The van der Waals surface area contributed by atoms with E-state index in [-0.39, 0.29) is 0 Å². The van der Waals surface area contributed by atoms with Crippen LogP contribution in [0.15, 0.2) is 10.7 Å². The summed E-state index contributed by atoms with van der Waals surface area (Å²) in [7, 11) is 0. The summed E-state index contributed by atoms with van der Waals surface area (Å²) in [5.41, 5.74) is 0.866. The van der Waals surface area contributed by atoms with E-state index in [0.717, 1.165) is 12.0 Å². The molecule has 0 N–H and O–H groups in total. The van der Waals surface area contributed by atoms with Crippen LogP contribution in [-0.4, -0.2) is 11.4 Å². The molecule has 0 unspecified atom stereocenters. The Hall–Kier alpha value is -1.12. The minimum absolute atomic E-state index is 0.345. The van der Waals surface area contributed by atoms with Gasteiger partial charge in [-0.2, -0.15) is 0 Å². The first-order valence-corrected chi connectivity index (χ1v) is 2.77. The molecule has 0 fully saturated rings. The number of carbonyl (C=O) groups is 1. The van der Waals surface area contributed by atoms with Crippen LogP contribution in [0.25, 0.3) is 0 Å². The smallest absolute Gasteiger partial charge is 0.202 e. The van der Waals surface area contributed by atoms with Crippen molar-refractivity contribution in [1.29, 1.82) is 0 Å². The Morgan fingerprint density at radius 3 is 3.11 bits per heavy atom. The molecule has 0 atom stereocenters. The quantitative estimate of drug-likeness (QED) is 0.555. The molecule has 0 saturated heterocycles. The fourth-order valence-corrected chi connectivity index (χ4v) is 0.632. The highest BCUT2D eigenvalue weighted by Gasteiger charge is 2.01. The molecule has 0 aliphatic rings. The van der Waals surface area contributed by atoms with Crippen LogP contribution in [0.3, 0.4) is 0 Å². The summed E-state index contributed by atoms with van der Waals surface area (Å²) in [5.74, 6) is 0.345. The first-order chi connectivity index (χ1) is 4.38. The van der Waals surface area contributed by atoms with E-state index in [4.69, 9.17) is 0 Å². The van der Waals surface area contributed by atoms with E-state index in [9.17, 15) is 4.79 Å². The predicted octanol–water partition coefficient (Wildman–Crippen LogP) is 1.05. The van der Waals surface area contributed by atoms with Gasteiger partial charge < -0.3 is 4.52 Å². The Morgan fingerprint density at radius 1 is 1.89 bits per heavy atom. The Morgan fingerprint density at radius 2 is 2.67 bits per heavy atom. The number of hydrogen-bond donors (Lipinski definition) is 0. The lowest BCUT2D eigenvalue weighted by Gasteiger charge is -1.82. The second-order valence-electron chi connectivity index (χ2n) is 1.69. The number of aldehydes is 1. The Kier molecular flexibility index (Phi) is 1.63. The third-order valence-corrected chi connectivity index (χ3v) is 1.16. The van der Waals surface area contributed by atoms with E-state index in [1.165, 1.54) is 0 Å². The minimum Gasteiger partial charge on any atom is -0.353 e. The van der Waals surface area contributed by atoms with Gasteiger partial charge in [-0.1, -0.05) is 12.1 Å². The molecule has 0 radical (unpaired) electrons. The average Bonchev–Trinajstić information content (AvgIpc) is 2.33. The lowest BCUT2D eigenvalue weighted by Crippen LogP contribution is -1.81. The molecule has 1 heterocycles. The molecule has 48 valence electrons. The molecule has 3 nitrogen and oxygen atoms in total. The van der Waals surface area contributed by atoms with Crippen molar-refractivity contribution in [2.75, 3.05) is 0 Å². The molecular weight excluding hydrogens is 118 g/mol. The fraction of sp³-hybridized carbons (Fsp3) is 0.333. The van der Waals surface area contributed by atoms with Crippen molar-refractivity contribution in [3.05, 3.63) is 17.5 Å². The van der Waals surface area contributed by atoms with Crippen LogP contribution in [0.2, 0.25) is 0 Å². The summed E-state index contributed by atoms with van der Waals surface area (Å²) in [6.07, 6.45) is 3.02. The Bertz CT molecular complexity index is 205. The summed E-state index contributed by atoms with van der Waals surface area (Å²) in [5, 5.41) is 3.46. The summed E-state index contributed by atoms with van der Waals surface area (Å²) < 4.78 is 4.59. The number of aromatic nitrogens is 1. The number of carbonyl (C=O) groups excluding carboxylic acids is 1. The second kappa shape index (κ2) is 2.44. The van der Waals surface area contributed by atoms with Crippen molar-refractivity contribution in [2.45, 2.75) is 13.3 Å². The maximum absolute atomic E-state index is 10.1. The van der Waals surface area contributed by atoms with Crippen molar-refractivity contribution in [3.8, 4) is 0 Å². The Balaban J connectivity index is 2.98. The van der Waals surface area contributed by atoms with Gasteiger partial charge in [-0.05, 0) is 6.42 Å². The van der Waals surface area contributed by atoms with Gasteiger partial charge >= 0.3 is 0 Å². The normalized spacial score (nSPS) is 9.44. The van der Waals surface area contributed by atoms with Gasteiger partial charge in [0, 0.05) is 5.56 Å².